The van der Waals surface area contributed by atoms with Crippen LogP contribution in [0.25, 0.3) is 17.0 Å². The highest BCUT2D eigenvalue weighted by atomic mass is 35.5. The summed E-state index contributed by atoms with van der Waals surface area (Å²) in [6.45, 7) is 5.94. The van der Waals surface area contributed by atoms with Crippen LogP contribution in [0.1, 0.15) is 18.1 Å². The summed E-state index contributed by atoms with van der Waals surface area (Å²) >= 11 is 6.21. The summed E-state index contributed by atoms with van der Waals surface area (Å²) in [5, 5.41) is 4.92. The number of para-hydroxylation sites is 1. The van der Waals surface area contributed by atoms with Crippen LogP contribution in [-0.4, -0.2) is 18.1 Å². The molecule has 0 saturated heterocycles. The Hall–Kier alpha value is -1.38. The molecule has 0 aliphatic rings. The molecule has 1 aromatic carbocycles. The summed E-state index contributed by atoms with van der Waals surface area (Å²) < 4.78 is 0. The van der Waals surface area contributed by atoms with Gasteiger partial charge < -0.3 is 5.32 Å². The summed E-state index contributed by atoms with van der Waals surface area (Å²) in [5.74, 6) is 0. The fourth-order valence-electron chi connectivity index (χ4n) is 1.87. The van der Waals surface area contributed by atoms with Crippen LogP contribution in [0.3, 0.4) is 0 Å². The second kappa shape index (κ2) is 5.98. The van der Waals surface area contributed by atoms with Crippen LogP contribution in [0.5, 0.6) is 0 Å². The van der Waals surface area contributed by atoms with Crippen LogP contribution in [0.2, 0.25) is 5.15 Å². The van der Waals surface area contributed by atoms with E-state index in [9.17, 15) is 0 Å². The van der Waals surface area contributed by atoms with Gasteiger partial charge in [-0.1, -0.05) is 48.9 Å². The van der Waals surface area contributed by atoms with Gasteiger partial charge in [-0.2, -0.15) is 0 Å². The Morgan fingerprint density at radius 1 is 1.39 bits per heavy atom. The fraction of sp³-hybridized carbons (Fsp3) is 0.267. The molecule has 0 fully saturated rings. The average molecular weight is 261 g/mol. The number of nitrogens with one attached hydrogen (secondary N) is 1. The lowest BCUT2D eigenvalue weighted by atomic mass is 10.1. The number of hydrogen-bond donors (Lipinski definition) is 1. The minimum absolute atomic E-state index is 0.560. The first kappa shape index (κ1) is 13.1. The van der Waals surface area contributed by atoms with Gasteiger partial charge in [0.15, 0.2) is 0 Å². The molecule has 3 heteroatoms. The van der Waals surface area contributed by atoms with Crippen LogP contribution < -0.4 is 5.32 Å². The van der Waals surface area contributed by atoms with E-state index in [-0.39, 0.29) is 0 Å². The number of rotatable bonds is 4. The van der Waals surface area contributed by atoms with Crippen molar-refractivity contribution in [3.63, 3.8) is 0 Å². The molecule has 0 saturated carbocycles. The van der Waals surface area contributed by atoms with Crippen LogP contribution >= 0.6 is 11.6 Å². The molecule has 94 valence electrons. The third-order valence-electron chi connectivity index (χ3n) is 2.84. The number of fused-ring (bicyclic) bond motifs is 1. The second-order valence-electron chi connectivity index (χ2n) is 4.23. The zero-order valence-electron chi connectivity index (χ0n) is 10.7. The van der Waals surface area contributed by atoms with Gasteiger partial charge in [0.25, 0.3) is 0 Å². The summed E-state index contributed by atoms with van der Waals surface area (Å²) in [4.78, 5) is 4.47. The molecule has 0 bridgehead atoms. The predicted molar refractivity (Wildman–Crippen MR) is 79.1 cm³/mol. The topological polar surface area (TPSA) is 24.9 Å². The zero-order chi connectivity index (χ0) is 13.0. The molecule has 0 spiro atoms. The normalized spacial score (nSPS) is 11.5. The molecule has 0 aliphatic heterocycles. The molecule has 2 rings (SSSR count). The Bertz CT molecular complexity index is 576. The van der Waals surface area contributed by atoms with Crippen LogP contribution in [0.4, 0.5) is 0 Å². The van der Waals surface area contributed by atoms with Gasteiger partial charge in [-0.05, 0) is 25.1 Å². The first-order valence-electron chi connectivity index (χ1n) is 6.15. The third-order valence-corrected chi connectivity index (χ3v) is 3.14. The summed E-state index contributed by atoms with van der Waals surface area (Å²) in [6.07, 6.45) is 4.08. The Kier molecular flexibility index (Phi) is 4.34. The first-order valence-corrected chi connectivity index (χ1v) is 6.53. The highest BCUT2D eigenvalue weighted by molar-refractivity contribution is 6.31. The van der Waals surface area contributed by atoms with Gasteiger partial charge in [0, 0.05) is 17.5 Å². The van der Waals surface area contributed by atoms with Crippen LogP contribution in [0.15, 0.2) is 30.3 Å². The van der Waals surface area contributed by atoms with Crippen molar-refractivity contribution in [2.45, 2.75) is 13.8 Å². The van der Waals surface area contributed by atoms with Crippen molar-refractivity contribution in [2.24, 2.45) is 0 Å². The molecule has 0 amide bonds. The van der Waals surface area contributed by atoms with Crippen molar-refractivity contribution in [2.75, 3.05) is 13.1 Å². The standard InChI is InChI=1S/C15H17ClN2/c1-3-17-9-5-8-13-10-12-7-4-6-11(2)14(12)18-15(13)16/h4-8,10,17H,3,9H2,1-2H3. The average Bonchev–Trinajstić information content (AvgIpc) is 2.36. The fourth-order valence-corrected chi connectivity index (χ4v) is 2.07. The Morgan fingerprint density at radius 3 is 3.00 bits per heavy atom. The van der Waals surface area contributed by atoms with Gasteiger partial charge in [-0.25, -0.2) is 4.98 Å². The molecule has 0 aliphatic carbocycles. The molecule has 1 N–H and O–H groups in total. The van der Waals surface area contributed by atoms with Crippen LogP contribution in [-0.2, 0) is 0 Å². The highest BCUT2D eigenvalue weighted by Gasteiger charge is 2.03. The number of hydrogen-bond acceptors (Lipinski definition) is 2. The number of pyridine rings is 1. The molecule has 0 atom stereocenters. The summed E-state index contributed by atoms with van der Waals surface area (Å²) in [5.41, 5.74) is 3.09. The van der Waals surface area contributed by atoms with Gasteiger partial charge in [0.1, 0.15) is 5.15 Å². The maximum atomic E-state index is 6.21. The van der Waals surface area contributed by atoms with Crippen molar-refractivity contribution >= 4 is 28.6 Å². The van der Waals surface area contributed by atoms with E-state index in [1.807, 2.05) is 25.1 Å². The largest absolute Gasteiger partial charge is 0.314 e. The van der Waals surface area contributed by atoms with E-state index in [0.29, 0.717) is 5.15 Å². The van der Waals surface area contributed by atoms with Gasteiger partial charge in [0.2, 0.25) is 0 Å². The van der Waals surface area contributed by atoms with E-state index in [1.165, 1.54) is 0 Å². The van der Waals surface area contributed by atoms with Gasteiger partial charge in [0.05, 0.1) is 5.52 Å². The van der Waals surface area contributed by atoms with Crippen molar-refractivity contribution in [1.29, 1.82) is 0 Å². The minimum Gasteiger partial charge on any atom is -0.314 e. The summed E-state index contributed by atoms with van der Waals surface area (Å²) in [7, 11) is 0. The van der Waals surface area contributed by atoms with Crippen molar-refractivity contribution in [3.8, 4) is 0 Å². The zero-order valence-corrected chi connectivity index (χ0v) is 11.5. The number of aromatic nitrogens is 1. The lowest BCUT2D eigenvalue weighted by Gasteiger charge is -2.04. The van der Waals surface area contributed by atoms with Gasteiger partial charge in [-0.15, -0.1) is 0 Å². The van der Waals surface area contributed by atoms with Crippen molar-refractivity contribution < 1.29 is 0 Å². The Balaban J connectivity index is 2.35. The molecule has 0 unspecified atom stereocenters. The van der Waals surface area contributed by atoms with Crippen molar-refractivity contribution in [3.05, 3.63) is 46.6 Å². The van der Waals surface area contributed by atoms with Crippen molar-refractivity contribution in [1.82, 2.24) is 10.3 Å². The third kappa shape index (κ3) is 2.89. The lowest BCUT2D eigenvalue weighted by Crippen LogP contribution is -2.11. The number of benzene rings is 1. The molecule has 1 heterocycles. The highest BCUT2D eigenvalue weighted by Crippen LogP contribution is 2.23. The Morgan fingerprint density at radius 2 is 2.22 bits per heavy atom. The predicted octanol–water partition coefficient (Wildman–Crippen LogP) is 3.82. The monoisotopic (exact) mass is 260 g/mol. The summed E-state index contributed by atoms with van der Waals surface area (Å²) in [6, 6.07) is 8.24. The van der Waals surface area contributed by atoms with Crippen LogP contribution in [0, 0.1) is 6.92 Å². The molecular weight excluding hydrogens is 244 g/mol. The van der Waals surface area contributed by atoms with E-state index in [4.69, 9.17) is 11.6 Å². The first-order chi connectivity index (χ1) is 8.72. The smallest absolute Gasteiger partial charge is 0.136 e. The van der Waals surface area contributed by atoms with Gasteiger partial charge in [-0.3, -0.25) is 0 Å². The maximum absolute atomic E-state index is 6.21. The van der Waals surface area contributed by atoms with E-state index < -0.39 is 0 Å². The molecule has 1 aromatic heterocycles. The molecule has 0 radical (unpaired) electrons. The number of nitrogens with zero attached hydrogens (tertiary/aromatic N) is 1. The Labute approximate surface area is 113 Å². The number of halogens is 1. The van der Waals surface area contributed by atoms with E-state index in [1.54, 1.807) is 0 Å². The number of likely N-dealkylation sites (N-methyl/N-ethyl adjacent to an activating group) is 1. The quantitative estimate of drug-likeness (QED) is 0.668. The molecule has 18 heavy (non-hydrogen) atoms. The number of aryl methyl sites for hydroxylation is 1. The molecular formula is C15H17ClN2. The molecule has 2 nitrogen and oxygen atoms in total. The SMILES string of the molecule is CCNCC=Cc1cc2cccc(C)c2nc1Cl. The minimum atomic E-state index is 0.560. The van der Waals surface area contributed by atoms with E-state index >= 15 is 0 Å². The second-order valence-corrected chi connectivity index (χ2v) is 4.58. The van der Waals surface area contributed by atoms with E-state index in [0.717, 1.165) is 35.1 Å². The van der Waals surface area contributed by atoms with Gasteiger partial charge >= 0.3 is 0 Å². The molecule has 2 aromatic rings. The lowest BCUT2D eigenvalue weighted by molar-refractivity contribution is 0.801. The maximum Gasteiger partial charge on any atom is 0.136 e. The van der Waals surface area contributed by atoms with E-state index in [2.05, 4.69) is 35.4 Å².